The quantitative estimate of drug-likeness (QED) is 0.185. The van der Waals surface area contributed by atoms with Crippen LogP contribution in [0.15, 0.2) is 59.6 Å². The van der Waals surface area contributed by atoms with Crippen LogP contribution >= 0.6 is 11.9 Å². The first-order valence-corrected chi connectivity index (χ1v) is 14.8. The van der Waals surface area contributed by atoms with E-state index in [2.05, 4.69) is 15.0 Å². The average molecular weight is 676 g/mol. The molecule has 0 saturated carbocycles. The summed E-state index contributed by atoms with van der Waals surface area (Å²) in [6, 6.07) is 13.7. The van der Waals surface area contributed by atoms with E-state index in [0.29, 0.717) is 28.8 Å². The van der Waals surface area contributed by atoms with Gasteiger partial charge in [0.1, 0.15) is 6.04 Å². The van der Waals surface area contributed by atoms with Gasteiger partial charge in [-0.05, 0) is 30.9 Å². The van der Waals surface area contributed by atoms with Crippen LogP contribution < -0.4 is 20.7 Å². The fourth-order valence-electron chi connectivity index (χ4n) is 4.70. The first-order valence-electron chi connectivity index (χ1n) is 13.8. The first kappa shape index (κ1) is 36.3. The molecular formula is C29H31F6N5O5S. The molecule has 0 fully saturated rings. The Kier molecular flexibility index (Phi) is 12.2. The van der Waals surface area contributed by atoms with Gasteiger partial charge >= 0.3 is 18.3 Å². The minimum atomic E-state index is -4.84. The number of carboxylic acid groups (broad SMARTS) is 1. The second kappa shape index (κ2) is 15.4. The van der Waals surface area contributed by atoms with Crippen LogP contribution in [0.4, 0.5) is 32.0 Å². The minimum absolute atomic E-state index is 0.253. The molecule has 5 N–H and O–H groups in total. The van der Waals surface area contributed by atoms with Crippen molar-refractivity contribution in [1.82, 2.24) is 10.0 Å². The number of carboxylic acids is 1. The number of amides is 3. The highest BCUT2D eigenvalue weighted by Gasteiger charge is 2.42. The van der Waals surface area contributed by atoms with Gasteiger partial charge in [-0.1, -0.05) is 48.5 Å². The van der Waals surface area contributed by atoms with E-state index in [9.17, 15) is 45.5 Å². The molecule has 0 aromatic heterocycles. The van der Waals surface area contributed by atoms with Crippen LogP contribution in [-0.2, 0) is 19.2 Å². The number of halogens is 6. The Morgan fingerprint density at radius 2 is 1.48 bits per heavy atom. The number of carbonyl (C=O) groups excluding carboxylic acids is 3. The van der Waals surface area contributed by atoms with E-state index in [0.717, 1.165) is 0 Å². The predicted molar refractivity (Wildman–Crippen MR) is 158 cm³/mol. The maximum atomic E-state index is 13.7. The predicted octanol–water partition coefficient (Wildman–Crippen LogP) is 4.04. The standard InChI is InChI=1S/C29H31F6N5O5S/c1-40-21-10-6-5-9-19(21)22(16-7-3-2-4-8-16)37-23(26(40)43)38-24(41)17(11-13-28(30,31)32)18(12-14-29(33,34)35)25(42)39-46-15-20(36)27(44)45/h2-10,17-18,20,23H,11-15,36H2,1H3,(H,38,41)(H,39,42)(H,44,45)/t17-,18+,20+,23+/m0/s1. The Balaban J connectivity index is 2.00. The number of carbonyl (C=O) groups is 4. The van der Waals surface area contributed by atoms with Crippen molar-refractivity contribution in [2.24, 2.45) is 22.6 Å². The molecule has 17 heteroatoms. The molecule has 1 aliphatic rings. The van der Waals surface area contributed by atoms with Gasteiger partial charge in [-0.25, -0.2) is 4.99 Å². The van der Waals surface area contributed by atoms with Crippen molar-refractivity contribution in [2.75, 3.05) is 17.7 Å². The average Bonchev–Trinajstić information content (AvgIpc) is 3.08. The second-order valence-electron chi connectivity index (χ2n) is 10.4. The van der Waals surface area contributed by atoms with E-state index in [-0.39, 0.29) is 5.71 Å². The molecule has 4 atom stereocenters. The van der Waals surface area contributed by atoms with Gasteiger partial charge < -0.3 is 21.1 Å². The molecule has 0 unspecified atom stereocenters. The molecule has 10 nitrogen and oxygen atoms in total. The van der Waals surface area contributed by atoms with Crippen LogP contribution in [0.3, 0.4) is 0 Å². The molecule has 1 heterocycles. The summed E-state index contributed by atoms with van der Waals surface area (Å²) in [6.45, 7) is 0. The molecule has 3 amide bonds. The maximum Gasteiger partial charge on any atom is 0.389 e. The number of rotatable bonds is 13. The van der Waals surface area contributed by atoms with Crippen molar-refractivity contribution < 1.29 is 50.6 Å². The lowest BCUT2D eigenvalue weighted by Crippen LogP contribution is -2.50. The van der Waals surface area contributed by atoms with E-state index >= 15 is 0 Å². The molecule has 2 aromatic carbocycles. The van der Waals surface area contributed by atoms with Gasteiger partial charge in [0.25, 0.3) is 5.91 Å². The minimum Gasteiger partial charge on any atom is -0.480 e. The van der Waals surface area contributed by atoms with Crippen LogP contribution in [0.1, 0.15) is 36.8 Å². The molecule has 250 valence electrons. The Morgan fingerprint density at radius 3 is 2.04 bits per heavy atom. The number of benzene rings is 2. The van der Waals surface area contributed by atoms with E-state index in [1.54, 1.807) is 54.6 Å². The number of nitrogens with zero attached hydrogens (tertiary/aromatic N) is 2. The van der Waals surface area contributed by atoms with Crippen LogP contribution in [0, 0.1) is 11.8 Å². The van der Waals surface area contributed by atoms with E-state index in [4.69, 9.17) is 10.8 Å². The number of benzodiazepines with no additional fused rings is 1. The summed E-state index contributed by atoms with van der Waals surface area (Å²) in [5.41, 5.74) is 7.05. The number of hydrogen-bond acceptors (Lipinski definition) is 7. The number of fused-ring (bicyclic) bond motifs is 1. The van der Waals surface area contributed by atoms with Crippen molar-refractivity contribution in [3.8, 4) is 0 Å². The summed E-state index contributed by atoms with van der Waals surface area (Å²) >= 11 is 0.419. The first-order chi connectivity index (χ1) is 21.5. The normalized spacial score (nSPS) is 17.2. The Bertz CT molecular complexity index is 1440. The summed E-state index contributed by atoms with van der Waals surface area (Å²) in [4.78, 5) is 56.9. The third-order valence-corrected chi connectivity index (χ3v) is 7.93. The Labute approximate surface area is 263 Å². The Hall–Kier alpha value is -4.12. The smallest absolute Gasteiger partial charge is 0.389 e. The SMILES string of the molecule is CN1C(=O)[C@@H](NC(=O)[C@@H](CCC(F)(F)F)[C@@H](CCC(F)(F)F)C(=O)NSC[C@@H](N)C(=O)O)N=C(c2ccccc2)c2ccccc21. The summed E-state index contributed by atoms with van der Waals surface area (Å²) in [7, 11) is 1.39. The van der Waals surface area contributed by atoms with Crippen LogP contribution in [-0.4, -0.2) is 71.9 Å². The van der Waals surface area contributed by atoms with Crippen molar-refractivity contribution in [3.05, 3.63) is 65.7 Å². The largest absolute Gasteiger partial charge is 0.480 e. The number of para-hydroxylation sites is 1. The van der Waals surface area contributed by atoms with Gasteiger partial charge in [-0.3, -0.25) is 23.9 Å². The summed E-state index contributed by atoms with van der Waals surface area (Å²) in [5.74, 6) is -9.13. The molecule has 0 bridgehead atoms. The van der Waals surface area contributed by atoms with Gasteiger partial charge in [-0.2, -0.15) is 26.3 Å². The number of hydrogen-bond donors (Lipinski definition) is 4. The number of aliphatic carboxylic acids is 1. The van der Waals surface area contributed by atoms with Crippen LogP contribution in [0.5, 0.6) is 0 Å². The van der Waals surface area contributed by atoms with Gasteiger partial charge in [-0.15, -0.1) is 0 Å². The number of aliphatic imine (C=N–C) groups is 1. The number of nitrogens with two attached hydrogens (primary N) is 1. The van der Waals surface area contributed by atoms with Crippen LogP contribution in [0.25, 0.3) is 0 Å². The highest BCUT2D eigenvalue weighted by atomic mass is 32.2. The van der Waals surface area contributed by atoms with Gasteiger partial charge in [0, 0.05) is 42.7 Å². The fraction of sp³-hybridized carbons (Fsp3) is 0.414. The molecule has 0 saturated heterocycles. The lowest BCUT2D eigenvalue weighted by molar-refractivity contribution is -0.152. The van der Waals surface area contributed by atoms with E-state index in [1.807, 2.05) is 0 Å². The molecule has 46 heavy (non-hydrogen) atoms. The third kappa shape index (κ3) is 10.2. The third-order valence-electron chi connectivity index (χ3n) is 7.06. The van der Waals surface area contributed by atoms with Gasteiger partial charge in [0.15, 0.2) is 0 Å². The zero-order valence-electron chi connectivity index (χ0n) is 24.3. The zero-order valence-corrected chi connectivity index (χ0v) is 25.1. The van der Waals surface area contributed by atoms with Crippen LogP contribution in [0.2, 0.25) is 0 Å². The lowest BCUT2D eigenvalue weighted by Gasteiger charge is -2.28. The highest BCUT2D eigenvalue weighted by molar-refractivity contribution is 7.98. The van der Waals surface area contributed by atoms with Crippen molar-refractivity contribution in [3.63, 3.8) is 0 Å². The maximum absolute atomic E-state index is 13.7. The monoisotopic (exact) mass is 675 g/mol. The zero-order chi connectivity index (χ0) is 34.2. The summed E-state index contributed by atoms with van der Waals surface area (Å²) < 4.78 is 81.8. The number of alkyl halides is 6. The second-order valence-corrected chi connectivity index (χ2v) is 11.2. The van der Waals surface area contributed by atoms with Gasteiger partial charge in [0.2, 0.25) is 18.0 Å². The van der Waals surface area contributed by atoms with Gasteiger partial charge in [0.05, 0.1) is 17.3 Å². The molecular weight excluding hydrogens is 644 g/mol. The number of likely N-dealkylation sites (N-methyl/N-ethyl adjacent to an activating group) is 1. The molecule has 2 aromatic rings. The van der Waals surface area contributed by atoms with Crippen molar-refractivity contribution in [1.29, 1.82) is 0 Å². The molecule has 0 radical (unpaired) electrons. The van der Waals surface area contributed by atoms with Crippen molar-refractivity contribution in [2.45, 2.75) is 50.2 Å². The molecule has 1 aliphatic heterocycles. The molecule has 0 aliphatic carbocycles. The number of nitrogens with one attached hydrogen (secondary N) is 2. The summed E-state index contributed by atoms with van der Waals surface area (Å²) in [6.07, 6.45) is -16.8. The highest BCUT2D eigenvalue weighted by Crippen LogP contribution is 2.34. The lowest BCUT2D eigenvalue weighted by atomic mass is 9.83. The van der Waals surface area contributed by atoms with E-state index < -0.39 is 91.5 Å². The summed E-state index contributed by atoms with van der Waals surface area (Å²) in [5, 5.41) is 11.2. The van der Waals surface area contributed by atoms with Crippen molar-refractivity contribution >= 4 is 47.0 Å². The molecule has 0 spiro atoms. The topological polar surface area (TPSA) is 154 Å². The fourth-order valence-corrected chi connectivity index (χ4v) is 5.40. The number of anilines is 1. The Morgan fingerprint density at radius 1 is 0.935 bits per heavy atom. The molecule has 3 rings (SSSR count). The van der Waals surface area contributed by atoms with E-state index in [1.165, 1.54) is 11.9 Å².